The molecule has 0 fully saturated rings. The standard InChI is InChI=1S/C17H14N4OS/c1-2-9-22-20-11-14-6-3-7-15(21-14)16-12-19-17(23-16)13-5-4-8-18-10-13/h2-8,10-12H,1,9H2/b20-11+. The third kappa shape index (κ3) is 3.87. The summed E-state index contributed by atoms with van der Waals surface area (Å²) in [6.07, 6.45) is 8.59. The zero-order chi connectivity index (χ0) is 15.9. The van der Waals surface area contributed by atoms with Crippen LogP contribution in [0.1, 0.15) is 5.69 Å². The minimum atomic E-state index is 0.375. The number of thiazole rings is 1. The highest BCUT2D eigenvalue weighted by Crippen LogP contribution is 2.30. The van der Waals surface area contributed by atoms with Crippen molar-refractivity contribution in [3.63, 3.8) is 0 Å². The minimum Gasteiger partial charge on any atom is -0.392 e. The second-order valence-electron chi connectivity index (χ2n) is 4.54. The van der Waals surface area contributed by atoms with E-state index in [2.05, 4.69) is 26.7 Å². The molecule has 0 bridgehead atoms. The Hall–Kier alpha value is -2.86. The van der Waals surface area contributed by atoms with Crippen molar-refractivity contribution in [3.8, 4) is 21.1 Å². The maximum Gasteiger partial charge on any atom is 0.135 e. The summed E-state index contributed by atoms with van der Waals surface area (Å²) in [6, 6.07) is 9.63. The van der Waals surface area contributed by atoms with E-state index in [-0.39, 0.29) is 0 Å². The van der Waals surface area contributed by atoms with Gasteiger partial charge < -0.3 is 4.84 Å². The van der Waals surface area contributed by atoms with Crippen LogP contribution in [0.25, 0.3) is 21.1 Å². The third-order valence-electron chi connectivity index (χ3n) is 2.89. The molecule has 3 rings (SSSR count). The van der Waals surface area contributed by atoms with Gasteiger partial charge in [-0.3, -0.25) is 4.98 Å². The van der Waals surface area contributed by atoms with Gasteiger partial charge in [0.05, 0.1) is 22.5 Å². The Bertz CT molecular complexity index is 814. The summed E-state index contributed by atoms with van der Waals surface area (Å²) >= 11 is 1.58. The van der Waals surface area contributed by atoms with Crippen LogP contribution in [0, 0.1) is 0 Å². The fourth-order valence-corrected chi connectivity index (χ4v) is 2.74. The normalized spacial score (nSPS) is 10.8. The highest BCUT2D eigenvalue weighted by molar-refractivity contribution is 7.18. The molecule has 0 radical (unpaired) electrons. The first kappa shape index (κ1) is 15.1. The number of oxime groups is 1. The topological polar surface area (TPSA) is 60.3 Å². The van der Waals surface area contributed by atoms with Crippen molar-refractivity contribution in [1.82, 2.24) is 15.0 Å². The molecular weight excluding hydrogens is 308 g/mol. The summed E-state index contributed by atoms with van der Waals surface area (Å²) < 4.78 is 0. The molecule has 3 aromatic heterocycles. The molecule has 6 heteroatoms. The molecule has 0 amide bonds. The second-order valence-corrected chi connectivity index (χ2v) is 5.57. The SMILES string of the molecule is C=CCO/N=C/c1cccc(-c2cnc(-c3cccnc3)s2)n1. The maximum absolute atomic E-state index is 4.99. The third-order valence-corrected chi connectivity index (χ3v) is 3.96. The summed E-state index contributed by atoms with van der Waals surface area (Å²) in [4.78, 5) is 19.1. The molecule has 0 N–H and O–H groups in total. The lowest BCUT2D eigenvalue weighted by molar-refractivity contribution is 0.176. The van der Waals surface area contributed by atoms with Crippen LogP contribution in [0.15, 0.2) is 66.7 Å². The molecule has 5 nitrogen and oxygen atoms in total. The Morgan fingerprint density at radius 3 is 3.00 bits per heavy atom. The van der Waals surface area contributed by atoms with Crippen LogP contribution < -0.4 is 0 Å². The predicted octanol–water partition coefficient (Wildman–Crippen LogP) is 3.80. The van der Waals surface area contributed by atoms with E-state index in [9.17, 15) is 0 Å². The summed E-state index contributed by atoms with van der Waals surface area (Å²) in [5.41, 5.74) is 2.58. The number of nitrogens with zero attached hydrogens (tertiary/aromatic N) is 4. The summed E-state index contributed by atoms with van der Waals surface area (Å²) in [7, 11) is 0. The smallest absolute Gasteiger partial charge is 0.135 e. The Morgan fingerprint density at radius 2 is 2.17 bits per heavy atom. The molecule has 0 atom stereocenters. The Labute approximate surface area is 138 Å². The van der Waals surface area contributed by atoms with Gasteiger partial charge in [0.25, 0.3) is 0 Å². The summed E-state index contributed by atoms with van der Waals surface area (Å²) in [5, 5.41) is 4.76. The van der Waals surface area contributed by atoms with Crippen LogP contribution in [0.5, 0.6) is 0 Å². The Kier molecular flexibility index (Phi) is 4.85. The average Bonchev–Trinajstić information content (AvgIpc) is 3.10. The quantitative estimate of drug-likeness (QED) is 0.300. The molecule has 0 unspecified atom stereocenters. The van der Waals surface area contributed by atoms with Crippen LogP contribution in [0.3, 0.4) is 0 Å². The molecule has 0 aliphatic rings. The molecule has 0 aliphatic heterocycles. The van der Waals surface area contributed by atoms with E-state index in [4.69, 9.17) is 4.84 Å². The first-order chi connectivity index (χ1) is 11.4. The molecule has 0 saturated carbocycles. The van der Waals surface area contributed by atoms with Crippen LogP contribution in [0.4, 0.5) is 0 Å². The largest absolute Gasteiger partial charge is 0.392 e. The van der Waals surface area contributed by atoms with Crippen molar-refractivity contribution < 1.29 is 4.84 Å². The fourth-order valence-electron chi connectivity index (χ4n) is 1.86. The molecule has 3 aromatic rings. The van der Waals surface area contributed by atoms with Gasteiger partial charge in [-0.2, -0.15) is 0 Å². The van der Waals surface area contributed by atoms with Gasteiger partial charge in [0.1, 0.15) is 11.6 Å². The molecular formula is C17H14N4OS. The van der Waals surface area contributed by atoms with Gasteiger partial charge in [-0.05, 0) is 24.3 Å². The van der Waals surface area contributed by atoms with Gasteiger partial charge >= 0.3 is 0 Å². The second kappa shape index (κ2) is 7.42. The molecule has 0 saturated heterocycles. The lowest BCUT2D eigenvalue weighted by Crippen LogP contribution is -1.90. The van der Waals surface area contributed by atoms with Crippen LogP contribution in [0.2, 0.25) is 0 Å². The van der Waals surface area contributed by atoms with E-state index < -0.39 is 0 Å². The monoisotopic (exact) mass is 322 g/mol. The molecule has 0 aliphatic carbocycles. The van der Waals surface area contributed by atoms with Crippen molar-refractivity contribution in [2.45, 2.75) is 0 Å². The van der Waals surface area contributed by atoms with Gasteiger partial charge in [0.2, 0.25) is 0 Å². The Morgan fingerprint density at radius 1 is 1.22 bits per heavy atom. The average molecular weight is 322 g/mol. The van der Waals surface area contributed by atoms with E-state index in [0.29, 0.717) is 6.61 Å². The zero-order valence-electron chi connectivity index (χ0n) is 12.3. The fraction of sp³-hybridized carbons (Fsp3) is 0.0588. The number of hydrogen-bond acceptors (Lipinski definition) is 6. The van der Waals surface area contributed by atoms with Crippen molar-refractivity contribution in [1.29, 1.82) is 0 Å². The predicted molar refractivity (Wildman–Crippen MR) is 92.3 cm³/mol. The summed E-state index contributed by atoms with van der Waals surface area (Å²) in [5.74, 6) is 0. The van der Waals surface area contributed by atoms with Crippen molar-refractivity contribution in [3.05, 3.63) is 67.3 Å². The van der Waals surface area contributed by atoms with Gasteiger partial charge in [0.15, 0.2) is 0 Å². The number of pyridine rings is 2. The van der Waals surface area contributed by atoms with Crippen molar-refractivity contribution >= 4 is 17.6 Å². The number of hydrogen-bond donors (Lipinski definition) is 0. The maximum atomic E-state index is 4.99. The molecule has 0 spiro atoms. The van der Waals surface area contributed by atoms with E-state index in [0.717, 1.165) is 26.8 Å². The van der Waals surface area contributed by atoms with E-state index in [1.54, 1.807) is 36.0 Å². The van der Waals surface area contributed by atoms with Gasteiger partial charge in [-0.15, -0.1) is 11.3 Å². The van der Waals surface area contributed by atoms with E-state index >= 15 is 0 Å². The molecule has 114 valence electrons. The first-order valence-corrected chi connectivity index (χ1v) is 7.78. The van der Waals surface area contributed by atoms with E-state index in [1.807, 2.05) is 36.5 Å². The highest BCUT2D eigenvalue weighted by Gasteiger charge is 2.08. The highest BCUT2D eigenvalue weighted by atomic mass is 32.1. The van der Waals surface area contributed by atoms with Crippen LogP contribution >= 0.6 is 11.3 Å². The number of rotatable bonds is 6. The molecule has 23 heavy (non-hydrogen) atoms. The van der Waals surface area contributed by atoms with Crippen LogP contribution in [-0.4, -0.2) is 27.8 Å². The van der Waals surface area contributed by atoms with Gasteiger partial charge in [-0.25, -0.2) is 9.97 Å². The Balaban J connectivity index is 1.81. The zero-order valence-corrected chi connectivity index (χ0v) is 13.1. The molecule has 3 heterocycles. The minimum absolute atomic E-state index is 0.375. The first-order valence-electron chi connectivity index (χ1n) is 6.96. The summed E-state index contributed by atoms with van der Waals surface area (Å²) in [6.45, 7) is 3.94. The van der Waals surface area contributed by atoms with Gasteiger partial charge in [-0.1, -0.05) is 23.9 Å². The number of aromatic nitrogens is 3. The lowest BCUT2D eigenvalue weighted by atomic mass is 10.3. The van der Waals surface area contributed by atoms with Crippen molar-refractivity contribution in [2.75, 3.05) is 6.61 Å². The lowest BCUT2D eigenvalue weighted by Gasteiger charge is -1.98. The van der Waals surface area contributed by atoms with Gasteiger partial charge in [0, 0.05) is 24.2 Å². The molecule has 0 aromatic carbocycles. The van der Waals surface area contributed by atoms with Crippen molar-refractivity contribution in [2.24, 2.45) is 5.16 Å². The van der Waals surface area contributed by atoms with Crippen LogP contribution in [-0.2, 0) is 4.84 Å². The van der Waals surface area contributed by atoms with E-state index in [1.165, 1.54) is 0 Å².